The molecule has 76 valence electrons. The Morgan fingerprint density at radius 1 is 1.14 bits per heavy atom. The lowest BCUT2D eigenvalue weighted by atomic mass is 9.74. The SMILES string of the molecule is CC1c2ccccc2CC1C(C)(C)C. The third kappa shape index (κ3) is 1.47. The highest BCUT2D eigenvalue weighted by Crippen LogP contribution is 2.46. The molecule has 2 unspecified atom stereocenters. The molecule has 0 saturated heterocycles. The van der Waals surface area contributed by atoms with E-state index in [2.05, 4.69) is 52.0 Å². The van der Waals surface area contributed by atoms with Gasteiger partial charge in [-0.2, -0.15) is 0 Å². The van der Waals surface area contributed by atoms with Crippen LogP contribution in [0.1, 0.15) is 44.7 Å². The number of rotatable bonds is 0. The van der Waals surface area contributed by atoms with Gasteiger partial charge in [-0.15, -0.1) is 0 Å². The molecule has 2 rings (SSSR count). The van der Waals surface area contributed by atoms with Crippen LogP contribution >= 0.6 is 0 Å². The Balaban J connectivity index is 2.35. The molecule has 0 spiro atoms. The summed E-state index contributed by atoms with van der Waals surface area (Å²) in [6.07, 6.45) is 1.26. The Bertz CT molecular complexity index is 330. The van der Waals surface area contributed by atoms with E-state index in [1.807, 2.05) is 0 Å². The summed E-state index contributed by atoms with van der Waals surface area (Å²) in [5, 5.41) is 0. The molecule has 14 heavy (non-hydrogen) atoms. The largest absolute Gasteiger partial charge is 0.0620 e. The van der Waals surface area contributed by atoms with Gasteiger partial charge in [-0.25, -0.2) is 0 Å². The van der Waals surface area contributed by atoms with E-state index >= 15 is 0 Å². The molecule has 0 N–H and O–H groups in total. The molecule has 0 fully saturated rings. The molecule has 0 aliphatic heterocycles. The monoisotopic (exact) mass is 188 g/mol. The van der Waals surface area contributed by atoms with Crippen LogP contribution < -0.4 is 0 Å². The van der Waals surface area contributed by atoms with E-state index in [9.17, 15) is 0 Å². The van der Waals surface area contributed by atoms with E-state index < -0.39 is 0 Å². The fraction of sp³-hybridized carbons (Fsp3) is 0.571. The van der Waals surface area contributed by atoms with Crippen molar-refractivity contribution in [1.82, 2.24) is 0 Å². The van der Waals surface area contributed by atoms with Crippen molar-refractivity contribution in [3.8, 4) is 0 Å². The molecule has 2 atom stereocenters. The van der Waals surface area contributed by atoms with Gasteiger partial charge in [0.05, 0.1) is 0 Å². The Morgan fingerprint density at radius 2 is 1.79 bits per heavy atom. The minimum absolute atomic E-state index is 0.429. The molecule has 0 saturated carbocycles. The first kappa shape index (κ1) is 9.76. The maximum Gasteiger partial charge on any atom is -0.0151 e. The number of benzene rings is 1. The predicted octanol–water partition coefficient (Wildman–Crippen LogP) is 4.01. The topological polar surface area (TPSA) is 0 Å². The molecule has 0 aromatic heterocycles. The Hall–Kier alpha value is -0.780. The van der Waals surface area contributed by atoms with Gasteiger partial charge in [0.15, 0.2) is 0 Å². The highest BCUT2D eigenvalue weighted by Gasteiger charge is 2.36. The predicted molar refractivity (Wildman–Crippen MR) is 61.5 cm³/mol. The van der Waals surface area contributed by atoms with Crippen molar-refractivity contribution >= 4 is 0 Å². The average Bonchev–Trinajstić information content (AvgIpc) is 2.44. The van der Waals surface area contributed by atoms with Crippen LogP contribution in [0.3, 0.4) is 0 Å². The molecule has 1 aliphatic rings. The molecular formula is C14H20. The smallest absolute Gasteiger partial charge is 0.0151 e. The molecular weight excluding hydrogens is 168 g/mol. The maximum absolute atomic E-state index is 2.38. The Kier molecular flexibility index (Phi) is 2.17. The van der Waals surface area contributed by atoms with Gasteiger partial charge < -0.3 is 0 Å². The molecule has 0 heterocycles. The molecule has 1 aromatic rings. The van der Waals surface area contributed by atoms with Crippen molar-refractivity contribution in [2.75, 3.05) is 0 Å². The molecule has 0 nitrogen and oxygen atoms in total. The van der Waals surface area contributed by atoms with Crippen LogP contribution in [0.2, 0.25) is 0 Å². The zero-order valence-electron chi connectivity index (χ0n) is 9.67. The number of hydrogen-bond donors (Lipinski definition) is 0. The first-order chi connectivity index (χ1) is 6.50. The van der Waals surface area contributed by atoms with Gasteiger partial charge in [0, 0.05) is 0 Å². The van der Waals surface area contributed by atoms with Crippen LogP contribution in [0.5, 0.6) is 0 Å². The first-order valence-corrected chi connectivity index (χ1v) is 5.58. The van der Waals surface area contributed by atoms with E-state index in [1.165, 1.54) is 6.42 Å². The normalized spacial score (nSPS) is 26.3. The van der Waals surface area contributed by atoms with E-state index in [1.54, 1.807) is 11.1 Å². The van der Waals surface area contributed by atoms with Crippen molar-refractivity contribution in [2.24, 2.45) is 11.3 Å². The Labute approximate surface area is 87.3 Å². The van der Waals surface area contributed by atoms with E-state index in [0.717, 1.165) is 11.8 Å². The maximum atomic E-state index is 2.38. The zero-order chi connectivity index (χ0) is 10.3. The lowest BCUT2D eigenvalue weighted by Gasteiger charge is -2.30. The van der Waals surface area contributed by atoms with Gasteiger partial charge in [0.25, 0.3) is 0 Å². The van der Waals surface area contributed by atoms with Crippen LogP contribution in [-0.4, -0.2) is 0 Å². The first-order valence-electron chi connectivity index (χ1n) is 5.58. The van der Waals surface area contributed by atoms with Crippen molar-refractivity contribution in [1.29, 1.82) is 0 Å². The summed E-state index contributed by atoms with van der Waals surface area (Å²) in [6.45, 7) is 9.46. The zero-order valence-corrected chi connectivity index (χ0v) is 9.67. The highest BCUT2D eigenvalue weighted by molar-refractivity contribution is 5.36. The lowest BCUT2D eigenvalue weighted by molar-refractivity contribution is 0.222. The molecule has 1 aromatic carbocycles. The van der Waals surface area contributed by atoms with Gasteiger partial charge in [0.2, 0.25) is 0 Å². The van der Waals surface area contributed by atoms with Crippen LogP contribution in [0.4, 0.5) is 0 Å². The van der Waals surface area contributed by atoms with Crippen LogP contribution in [0.15, 0.2) is 24.3 Å². The van der Waals surface area contributed by atoms with Crippen molar-refractivity contribution < 1.29 is 0 Å². The third-order valence-corrected chi connectivity index (χ3v) is 3.70. The second kappa shape index (κ2) is 3.12. The molecule has 1 aliphatic carbocycles. The van der Waals surface area contributed by atoms with E-state index in [0.29, 0.717) is 5.41 Å². The van der Waals surface area contributed by atoms with E-state index in [-0.39, 0.29) is 0 Å². The van der Waals surface area contributed by atoms with Crippen molar-refractivity contribution in [2.45, 2.75) is 40.0 Å². The van der Waals surface area contributed by atoms with Crippen LogP contribution in [0, 0.1) is 11.3 Å². The number of hydrogen-bond acceptors (Lipinski definition) is 0. The summed E-state index contributed by atoms with van der Waals surface area (Å²) in [5.74, 6) is 1.53. The van der Waals surface area contributed by atoms with Gasteiger partial charge in [0.1, 0.15) is 0 Å². The van der Waals surface area contributed by atoms with Crippen LogP contribution in [0.25, 0.3) is 0 Å². The number of fused-ring (bicyclic) bond motifs is 1. The highest BCUT2D eigenvalue weighted by atomic mass is 14.4. The minimum Gasteiger partial charge on any atom is -0.0620 e. The fourth-order valence-corrected chi connectivity index (χ4v) is 2.85. The van der Waals surface area contributed by atoms with Gasteiger partial charge in [-0.05, 0) is 34.8 Å². The standard InChI is InChI=1S/C14H20/c1-10-12-8-6-5-7-11(12)9-13(10)14(2,3)4/h5-8,10,13H,9H2,1-4H3. The molecule has 0 radical (unpaired) electrons. The molecule has 0 amide bonds. The van der Waals surface area contributed by atoms with Gasteiger partial charge >= 0.3 is 0 Å². The molecule has 0 bridgehead atoms. The van der Waals surface area contributed by atoms with Crippen molar-refractivity contribution in [3.63, 3.8) is 0 Å². The summed E-state index contributed by atoms with van der Waals surface area (Å²) in [5.41, 5.74) is 3.57. The van der Waals surface area contributed by atoms with Gasteiger partial charge in [-0.1, -0.05) is 52.0 Å². The summed E-state index contributed by atoms with van der Waals surface area (Å²) in [7, 11) is 0. The second-order valence-corrected chi connectivity index (χ2v) is 5.66. The van der Waals surface area contributed by atoms with Crippen molar-refractivity contribution in [3.05, 3.63) is 35.4 Å². The second-order valence-electron chi connectivity index (χ2n) is 5.66. The summed E-state index contributed by atoms with van der Waals surface area (Å²) >= 11 is 0. The third-order valence-electron chi connectivity index (χ3n) is 3.70. The minimum atomic E-state index is 0.429. The fourth-order valence-electron chi connectivity index (χ4n) is 2.85. The summed E-state index contributed by atoms with van der Waals surface area (Å²) < 4.78 is 0. The lowest BCUT2D eigenvalue weighted by Crippen LogP contribution is -2.22. The molecule has 0 heteroatoms. The van der Waals surface area contributed by atoms with Gasteiger partial charge in [-0.3, -0.25) is 0 Å². The average molecular weight is 188 g/mol. The quantitative estimate of drug-likeness (QED) is 0.577. The Morgan fingerprint density at radius 3 is 2.36 bits per heavy atom. The van der Waals surface area contributed by atoms with E-state index in [4.69, 9.17) is 0 Å². The summed E-state index contributed by atoms with van der Waals surface area (Å²) in [6, 6.07) is 8.92. The summed E-state index contributed by atoms with van der Waals surface area (Å²) in [4.78, 5) is 0. The van der Waals surface area contributed by atoms with Crippen LogP contribution in [-0.2, 0) is 6.42 Å².